The molecule has 0 aliphatic heterocycles. The third-order valence-corrected chi connectivity index (χ3v) is 4.96. The molecule has 0 amide bonds. The molecule has 4 aromatic rings. The van der Waals surface area contributed by atoms with Gasteiger partial charge >= 0.3 is 5.63 Å². The van der Waals surface area contributed by atoms with E-state index in [0.717, 1.165) is 16.1 Å². The van der Waals surface area contributed by atoms with Crippen LogP contribution in [0.4, 0.5) is 4.39 Å². The van der Waals surface area contributed by atoms with Crippen molar-refractivity contribution in [3.8, 4) is 28.1 Å². The molecule has 0 saturated heterocycles. The molecule has 4 nitrogen and oxygen atoms in total. The minimum atomic E-state index is -0.484. The normalized spacial score (nSPS) is 10.9. The summed E-state index contributed by atoms with van der Waals surface area (Å²) in [6.45, 7) is 0. The molecule has 2 aromatic heterocycles. The van der Waals surface area contributed by atoms with Crippen LogP contribution in [0.5, 0.6) is 0 Å². The standard InChI is InChI=1S/C21H15FN2O2S/c1-27-18-8-6-17(7-9-18)24-20(15-10-12-23-13-11-15)19(21(25)26-24)14-2-4-16(22)5-3-14/h2-13H,1H3. The van der Waals surface area contributed by atoms with E-state index in [0.29, 0.717) is 16.8 Å². The number of aromatic nitrogens is 2. The van der Waals surface area contributed by atoms with Gasteiger partial charge in [-0.3, -0.25) is 4.98 Å². The largest absolute Gasteiger partial charge is 0.366 e. The van der Waals surface area contributed by atoms with Gasteiger partial charge in [-0.25, -0.2) is 9.18 Å². The van der Waals surface area contributed by atoms with Crippen LogP contribution in [0.25, 0.3) is 28.1 Å². The zero-order valence-electron chi connectivity index (χ0n) is 14.4. The lowest BCUT2D eigenvalue weighted by Gasteiger charge is -2.09. The fourth-order valence-electron chi connectivity index (χ4n) is 2.91. The number of hydrogen-bond acceptors (Lipinski definition) is 4. The van der Waals surface area contributed by atoms with Crippen molar-refractivity contribution in [3.63, 3.8) is 0 Å². The maximum Gasteiger partial charge on any atom is 0.366 e. The van der Waals surface area contributed by atoms with Crippen molar-refractivity contribution in [1.29, 1.82) is 0 Å². The summed E-state index contributed by atoms with van der Waals surface area (Å²) >= 11 is 1.63. The quantitative estimate of drug-likeness (QED) is 0.468. The molecule has 6 heteroatoms. The first-order valence-electron chi connectivity index (χ1n) is 8.24. The summed E-state index contributed by atoms with van der Waals surface area (Å²) in [5.41, 5.74) is 2.61. The Bertz CT molecular complexity index is 1120. The van der Waals surface area contributed by atoms with Crippen LogP contribution in [0.1, 0.15) is 0 Å². The van der Waals surface area contributed by atoms with Gasteiger partial charge in [-0.1, -0.05) is 12.1 Å². The van der Waals surface area contributed by atoms with E-state index in [9.17, 15) is 9.18 Å². The Labute approximate surface area is 159 Å². The van der Waals surface area contributed by atoms with Gasteiger partial charge in [-0.2, -0.15) is 4.74 Å². The van der Waals surface area contributed by atoms with Crippen molar-refractivity contribution in [2.45, 2.75) is 4.90 Å². The zero-order valence-corrected chi connectivity index (χ0v) is 15.2. The molecule has 2 heterocycles. The van der Waals surface area contributed by atoms with Gasteiger partial charge in [-0.15, -0.1) is 11.8 Å². The monoisotopic (exact) mass is 378 g/mol. The maximum atomic E-state index is 13.4. The second-order valence-corrected chi connectivity index (χ2v) is 6.72. The highest BCUT2D eigenvalue weighted by atomic mass is 32.2. The van der Waals surface area contributed by atoms with Crippen molar-refractivity contribution in [1.82, 2.24) is 9.72 Å². The predicted octanol–water partition coefficient (Wildman–Crippen LogP) is 5.02. The third kappa shape index (κ3) is 3.31. The Morgan fingerprint density at radius 2 is 1.59 bits per heavy atom. The lowest BCUT2D eigenvalue weighted by molar-refractivity contribution is 0.327. The second-order valence-electron chi connectivity index (χ2n) is 5.84. The van der Waals surface area contributed by atoms with Gasteiger partial charge < -0.3 is 4.52 Å². The minimum absolute atomic E-state index is 0.360. The topological polar surface area (TPSA) is 48.0 Å². The molecule has 134 valence electrons. The van der Waals surface area contributed by atoms with Crippen LogP contribution in [-0.2, 0) is 0 Å². The van der Waals surface area contributed by atoms with E-state index in [1.54, 1.807) is 36.3 Å². The first-order chi connectivity index (χ1) is 13.2. The van der Waals surface area contributed by atoms with E-state index in [1.807, 2.05) is 42.7 Å². The van der Waals surface area contributed by atoms with Crippen LogP contribution in [-0.4, -0.2) is 16.0 Å². The summed E-state index contributed by atoms with van der Waals surface area (Å²) in [5, 5.41) is 0. The maximum absolute atomic E-state index is 13.4. The van der Waals surface area contributed by atoms with Crippen LogP contribution in [0.2, 0.25) is 0 Å². The van der Waals surface area contributed by atoms with Crippen LogP contribution in [0, 0.1) is 5.82 Å². The average Bonchev–Trinajstić information content (AvgIpc) is 3.06. The van der Waals surface area contributed by atoms with Crippen molar-refractivity contribution in [2.24, 2.45) is 0 Å². The van der Waals surface area contributed by atoms with Crippen LogP contribution in [0.15, 0.2) is 87.3 Å². The molecule has 0 saturated carbocycles. The molecule has 0 N–H and O–H groups in total. The van der Waals surface area contributed by atoms with E-state index in [2.05, 4.69) is 4.98 Å². The van der Waals surface area contributed by atoms with Gasteiger partial charge in [0.2, 0.25) is 0 Å². The lowest BCUT2D eigenvalue weighted by Crippen LogP contribution is -1.97. The SMILES string of the molecule is CSc1ccc(-n2oc(=O)c(-c3ccc(F)cc3)c2-c2ccncc2)cc1. The fraction of sp³-hybridized carbons (Fsp3) is 0.0476. The first-order valence-corrected chi connectivity index (χ1v) is 9.47. The van der Waals surface area contributed by atoms with Crippen molar-refractivity contribution in [3.05, 3.63) is 89.3 Å². The van der Waals surface area contributed by atoms with E-state index in [-0.39, 0.29) is 5.82 Å². The number of nitrogens with zero attached hydrogens (tertiary/aromatic N) is 2. The number of hydrogen-bond donors (Lipinski definition) is 0. The number of rotatable bonds is 4. The molecule has 0 aliphatic carbocycles. The van der Waals surface area contributed by atoms with Crippen LogP contribution in [0.3, 0.4) is 0 Å². The van der Waals surface area contributed by atoms with Gasteiger partial charge in [0.05, 0.1) is 11.3 Å². The predicted molar refractivity (Wildman–Crippen MR) is 105 cm³/mol. The molecular weight excluding hydrogens is 363 g/mol. The van der Waals surface area contributed by atoms with Crippen LogP contribution < -0.4 is 5.63 Å². The Morgan fingerprint density at radius 1 is 0.926 bits per heavy atom. The van der Waals surface area contributed by atoms with Gasteiger partial charge in [0.25, 0.3) is 0 Å². The summed E-state index contributed by atoms with van der Waals surface area (Å²) in [6, 6.07) is 17.2. The highest BCUT2D eigenvalue weighted by Crippen LogP contribution is 2.32. The second kappa shape index (κ2) is 7.25. The van der Waals surface area contributed by atoms with Crippen molar-refractivity contribution in [2.75, 3.05) is 6.26 Å². The number of benzene rings is 2. The Morgan fingerprint density at radius 3 is 2.22 bits per heavy atom. The Hall–Kier alpha value is -3.12. The lowest BCUT2D eigenvalue weighted by atomic mass is 10.0. The van der Waals surface area contributed by atoms with Crippen molar-refractivity contribution >= 4 is 11.8 Å². The van der Waals surface area contributed by atoms with Crippen LogP contribution >= 0.6 is 11.8 Å². The molecule has 0 aliphatic rings. The van der Waals surface area contributed by atoms with E-state index in [1.165, 1.54) is 16.9 Å². The van der Waals surface area contributed by atoms with Gasteiger partial charge in [0, 0.05) is 22.9 Å². The fourth-order valence-corrected chi connectivity index (χ4v) is 3.32. The van der Waals surface area contributed by atoms with Gasteiger partial charge in [-0.05, 0) is 60.4 Å². The van der Waals surface area contributed by atoms with E-state index >= 15 is 0 Å². The minimum Gasteiger partial charge on any atom is -0.330 e. The molecule has 0 fully saturated rings. The zero-order chi connectivity index (χ0) is 18.8. The van der Waals surface area contributed by atoms with E-state index in [4.69, 9.17) is 4.52 Å². The number of pyridine rings is 1. The van der Waals surface area contributed by atoms with Crippen molar-refractivity contribution < 1.29 is 8.91 Å². The smallest absolute Gasteiger partial charge is 0.330 e. The number of thioether (sulfide) groups is 1. The highest BCUT2D eigenvalue weighted by Gasteiger charge is 2.21. The molecular formula is C21H15FN2O2S. The summed E-state index contributed by atoms with van der Waals surface area (Å²) < 4.78 is 20.4. The third-order valence-electron chi connectivity index (χ3n) is 4.21. The van der Waals surface area contributed by atoms with Gasteiger partial charge in [0.1, 0.15) is 11.5 Å². The Kier molecular flexibility index (Phi) is 4.64. The molecule has 0 unspecified atom stereocenters. The molecule has 4 rings (SSSR count). The Balaban J connectivity index is 1.98. The summed E-state index contributed by atoms with van der Waals surface area (Å²) in [4.78, 5) is 17.9. The van der Waals surface area contributed by atoms with E-state index < -0.39 is 5.63 Å². The summed E-state index contributed by atoms with van der Waals surface area (Å²) in [7, 11) is 0. The molecule has 0 atom stereocenters. The highest BCUT2D eigenvalue weighted by molar-refractivity contribution is 7.98. The molecule has 2 aromatic carbocycles. The summed E-state index contributed by atoms with van der Waals surface area (Å²) in [5.74, 6) is -0.360. The molecule has 0 spiro atoms. The summed E-state index contributed by atoms with van der Waals surface area (Å²) in [6.07, 6.45) is 5.31. The number of halogens is 1. The molecule has 0 radical (unpaired) electrons. The molecule has 27 heavy (non-hydrogen) atoms. The first kappa shape index (κ1) is 17.3. The molecule has 0 bridgehead atoms. The van der Waals surface area contributed by atoms with Gasteiger partial charge in [0.15, 0.2) is 0 Å². The average molecular weight is 378 g/mol.